The Balaban J connectivity index is 0.000000333. The first-order valence-electron chi connectivity index (χ1n) is 11.3. The molecule has 11 nitrogen and oxygen atoms in total. The van der Waals surface area contributed by atoms with Crippen LogP contribution in [0.25, 0.3) is 0 Å². The minimum absolute atomic E-state index is 0.0476. The molecule has 0 aromatic carbocycles. The van der Waals surface area contributed by atoms with Crippen LogP contribution in [0.2, 0.25) is 0 Å². The molecule has 2 saturated heterocycles. The number of amides is 1. The van der Waals surface area contributed by atoms with Crippen LogP contribution in [-0.2, 0) is 30.4 Å². The highest BCUT2D eigenvalue weighted by Gasteiger charge is 2.43. The molecule has 1 atom stereocenters. The van der Waals surface area contributed by atoms with E-state index in [-0.39, 0.29) is 12.5 Å². The molecule has 222 valence electrons. The van der Waals surface area contributed by atoms with Crippen LogP contribution in [0.4, 0.5) is 32.0 Å². The third kappa shape index (κ3) is 10.1. The van der Waals surface area contributed by atoms with Crippen molar-refractivity contribution >= 4 is 23.5 Å². The number of rotatable bonds is 3. The van der Waals surface area contributed by atoms with Gasteiger partial charge in [-0.1, -0.05) is 0 Å². The zero-order valence-corrected chi connectivity index (χ0v) is 20.9. The fourth-order valence-electron chi connectivity index (χ4n) is 3.56. The number of halogens is 6. The van der Waals surface area contributed by atoms with Gasteiger partial charge in [0, 0.05) is 19.3 Å². The Morgan fingerprint density at radius 1 is 1.05 bits per heavy atom. The molecular formula is C23H25F6N3O8. The Labute approximate surface area is 222 Å². The summed E-state index contributed by atoms with van der Waals surface area (Å²) in [5.41, 5.74) is 0.236. The van der Waals surface area contributed by atoms with E-state index in [0.29, 0.717) is 32.8 Å². The first kappa shape index (κ1) is 32.5. The number of carboxylic acid groups (broad SMARTS) is 2. The van der Waals surface area contributed by atoms with E-state index in [2.05, 4.69) is 9.88 Å². The molecule has 1 amide bonds. The number of pyridine rings is 1. The van der Waals surface area contributed by atoms with Crippen molar-refractivity contribution in [3.8, 4) is 0 Å². The molecule has 2 aromatic rings. The summed E-state index contributed by atoms with van der Waals surface area (Å²) in [5.74, 6) is -3.74. The number of aromatic nitrogens is 1. The quantitative estimate of drug-likeness (QED) is 0.517. The average molecular weight is 585 g/mol. The van der Waals surface area contributed by atoms with E-state index < -0.39 is 29.9 Å². The van der Waals surface area contributed by atoms with Crippen molar-refractivity contribution < 1.29 is 64.8 Å². The molecule has 0 saturated carbocycles. The summed E-state index contributed by atoms with van der Waals surface area (Å²) in [7, 11) is 0. The molecular weight excluding hydrogens is 560 g/mol. The molecule has 1 unspecified atom stereocenters. The van der Waals surface area contributed by atoms with Crippen LogP contribution in [0.3, 0.4) is 0 Å². The van der Waals surface area contributed by atoms with Crippen molar-refractivity contribution in [2.75, 3.05) is 44.4 Å². The van der Waals surface area contributed by atoms with Gasteiger partial charge in [0.2, 0.25) is 0 Å². The van der Waals surface area contributed by atoms with Gasteiger partial charge in [-0.05, 0) is 31.2 Å². The molecule has 2 fully saturated rings. The second kappa shape index (κ2) is 13.6. The van der Waals surface area contributed by atoms with E-state index in [9.17, 15) is 31.1 Å². The van der Waals surface area contributed by atoms with Crippen LogP contribution >= 0.6 is 0 Å². The average Bonchev–Trinajstić information content (AvgIpc) is 3.17. The molecule has 17 heteroatoms. The van der Waals surface area contributed by atoms with Crippen LogP contribution < -0.4 is 4.90 Å². The minimum atomic E-state index is -5.08. The molecule has 0 bridgehead atoms. The maximum absolute atomic E-state index is 12.4. The van der Waals surface area contributed by atoms with E-state index in [0.717, 1.165) is 23.8 Å². The summed E-state index contributed by atoms with van der Waals surface area (Å²) in [6, 6.07) is 7.70. The van der Waals surface area contributed by atoms with Crippen molar-refractivity contribution in [1.82, 2.24) is 9.88 Å². The SMILES string of the molecule is Cc1ccc(CN2CCOCC3(C2)CN(c2cccnc2)C(=O)CO3)o1.O=C(O)C(F)(F)F.O=C(O)C(F)(F)F. The van der Waals surface area contributed by atoms with Crippen molar-refractivity contribution in [1.29, 1.82) is 0 Å². The van der Waals surface area contributed by atoms with Crippen molar-refractivity contribution in [3.63, 3.8) is 0 Å². The minimum Gasteiger partial charge on any atom is -0.475 e. The first-order chi connectivity index (χ1) is 18.5. The summed E-state index contributed by atoms with van der Waals surface area (Å²) in [6.07, 6.45) is -6.76. The second-order valence-corrected chi connectivity index (χ2v) is 8.54. The molecule has 1 spiro atoms. The van der Waals surface area contributed by atoms with Crippen LogP contribution in [0, 0.1) is 6.92 Å². The van der Waals surface area contributed by atoms with Gasteiger partial charge in [0.25, 0.3) is 5.91 Å². The third-order valence-corrected chi connectivity index (χ3v) is 5.30. The van der Waals surface area contributed by atoms with Gasteiger partial charge in [-0.2, -0.15) is 26.3 Å². The number of carboxylic acids is 2. The molecule has 0 radical (unpaired) electrons. The molecule has 0 aliphatic carbocycles. The van der Waals surface area contributed by atoms with Gasteiger partial charge >= 0.3 is 24.3 Å². The zero-order valence-electron chi connectivity index (χ0n) is 20.9. The number of nitrogens with zero attached hydrogens (tertiary/aromatic N) is 3. The van der Waals surface area contributed by atoms with Gasteiger partial charge < -0.3 is 29.0 Å². The standard InChI is InChI=1S/C19H23N3O4.2C2HF3O2/c1-15-4-5-17(26-15)10-21-7-8-24-14-19(12-21)13-22(18(23)11-25-19)16-3-2-6-20-9-16;2*3-2(4,5)1(6)7/h2-6,9H,7-8,10-14H2,1H3;2*(H,6,7). The molecule has 4 rings (SSSR count). The fraction of sp³-hybridized carbons (Fsp3) is 0.478. The highest BCUT2D eigenvalue weighted by molar-refractivity contribution is 5.95. The third-order valence-electron chi connectivity index (χ3n) is 5.30. The van der Waals surface area contributed by atoms with E-state index in [1.807, 2.05) is 31.2 Å². The van der Waals surface area contributed by atoms with Gasteiger partial charge in [-0.3, -0.25) is 14.7 Å². The first-order valence-corrected chi connectivity index (χ1v) is 11.3. The summed E-state index contributed by atoms with van der Waals surface area (Å²) < 4.78 is 81.0. The topological polar surface area (TPSA) is 143 Å². The molecule has 2 aliphatic rings. The smallest absolute Gasteiger partial charge is 0.475 e. The van der Waals surface area contributed by atoms with Crippen molar-refractivity contribution in [3.05, 3.63) is 48.2 Å². The Hall–Kier alpha value is -3.70. The predicted octanol–water partition coefficient (Wildman–Crippen LogP) is 2.88. The van der Waals surface area contributed by atoms with E-state index >= 15 is 0 Å². The zero-order chi connectivity index (χ0) is 30.1. The molecule has 4 heterocycles. The Kier molecular flexibility index (Phi) is 11.0. The maximum atomic E-state index is 12.4. The molecule has 2 aliphatic heterocycles. The van der Waals surface area contributed by atoms with Crippen molar-refractivity contribution in [2.45, 2.75) is 31.4 Å². The summed E-state index contributed by atoms with van der Waals surface area (Å²) in [5, 5.41) is 14.2. The maximum Gasteiger partial charge on any atom is 0.490 e. The van der Waals surface area contributed by atoms with Crippen LogP contribution in [-0.4, -0.2) is 95.4 Å². The normalized spacial score (nSPS) is 20.1. The number of morpholine rings is 1. The summed E-state index contributed by atoms with van der Waals surface area (Å²) >= 11 is 0. The molecule has 40 heavy (non-hydrogen) atoms. The predicted molar refractivity (Wildman–Crippen MR) is 122 cm³/mol. The number of aryl methyl sites for hydroxylation is 1. The number of alkyl halides is 6. The Bertz CT molecular complexity index is 1120. The lowest BCUT2D eigenvalue weighted by atomic mass is 10.0. The Morgan fingerprint density at radius 2 is 1.68 bits per heavy atom. The number of carbonyl (C=O) groups excluding carboxylic acids is 1. The number of anilines is 1. The largest absolute Gasteiger partial charge is 0.490 e. The highest BCUT2D eigenvalue weighted by atomic mass is 19.4. The molecule has 2 aromatic heterocycles. The lowest BCUT2D eigenvalue weighted by Crippen LogP contribution is -2.60. The van der Waals surface area contributed by atoms with Gasteiger partial charge in [0.1, 0.15) is 23.7 Å². The number of hydrogen-bond donors (Lipinski definition) is 2. The monoisotopic (exact) mass is 585 g/mol. The summed E-state index contributed by atoms with van der Waals surface area (Å²) in [4.78, 5) is 38.3. The lowest BCUT2D eigenvalue weighted by molar-refractivity contribution is -0.193. The van der Waals surface area contributed by atoms with Gasteiger partial charge in [0.15, 0.2) is 0 Å². The highest BCUT2D eigenvalue weighted by Crippen LogP contribution is 2.27. The van der Waals surface area contributed by atoms with Gasteiger partial charge in [-0.25, -0.2) is 9.59 Å². The number of ether oxygens (including phenoxy) is 2. The van der Waals surface area contributed by atoms with Crippen molar-refractivity contribution in [2.24, 2.45) is 0 Å². The second-order valence-electron chi connectivity index (χ2n) is 8.54. The lowest BCUT2D eigenvalue weighted by Gasteiger charge is -2.42. The van der Waals surface area contributed by atoms with Crippen LogP contribution in [0.5, 0.6) is 0 Å². The number of hydrogen-bond acceptors (Lipinski definition) is 8. The number of aliphatic carboxylic acids is 2. The van der Waals surface area contributed by atoms with Gasteiger partial charge in [0.05, 0.1) is 38.2 Å². The van der Waals surface area contributed by atoms with Gasteiger partial charge in [-0.15, -0.1) is 0 Å². The number of furan rings is 1. The summed E-state index contributed by atoms with van der Waals surface area (Å²) in [6.45, 7) is 5.71. The van der Waals surface area contributed by atoms with Crippen LogP contribution in [0.1, 0.15) is 11.5 Å². The van der Waals surface area contributed by atoms with E-state index in [4.69, 9.17) is 33.7 Å². The fourth-order valence-corrected chi connectivity index (χ4v) is 3.56. The Morgan fingerprint density at radius 3 is 2.17 bits per heavy atom. The van der Waals surface area contributed by atoms with E-state index in [1.54, 1.807) is 17.3 Å². The van der Waals surface area contributed by atoms with Crippen LogP contribution in [0.15, 0.2) is 41.1 Å². The molecule has 2 N–H and O–H groups in total. The number of carbonyl (C=O) groups is 3. The van der Waals surface area contributed by atoms with E-state index in [1.165, 1.54) is 0 Å².